The van der Waals surface area contributed by atoms with Crippen molar-refractivity contribution in [1.29, 1.82) is 0 Å². The second-order valence-electron chi connectivity index (χ2n) is 11.3. The predicted octanol–water partition coefficient (Wildman–Crippen LogP) is -7.62. The Morgan fingerprint density at radius 1 is 0.651 bits per heavy atom. The highest BCUT2D eigenvalue weighted by atomic mass is 19.3. The monoisotopic (exact) mass is 634 g/mol. The molecule has 1 saturated carbocycles. The molecule has 20 heteroatoms. The minimum absolute atomic E-state index is 0.0147. The Balaban J connectivity index is 1.51. The Bertz CT molecular complexity index is 917. The van der Waals surface area contributed by atoms with Gasteiger partial charge in [0, 0.05) is 25.2 Å². The number of alkyl halides is 2. The molecule has 4 rings (SSSR count). The van der Waals surface area contributed by atoms with E-state index in [1.807, 2.05) is 0 Å². The molecule has 18 nitrogen and oxygen atoms in total. The van der Waals surface area contributed by atoms with Crippen molar-refractivity contribution in [3.8, 4) is 0 Å². The molecule has 43 heavy (non-hydrogen) atoms. The Morgan fingerprint density at radius 2 is 1.23 bits per heavy atom. The molecule has 0 aromatic heterocycles. The van der Waals surface area contributed by atoms with Gasteiger partial charge in [0.15, 0.2) is 18.9 Å². The molecule has 18 N–H and O–H groups in total. The number of hydrogen-bond acceptors (Lipinski definition) is 18. The summed E-state index contributed by atoms with van der Waals surface area (Å²) in [4.78, 5) is 0. The van der Waals surface area contributed by atoms with E-state index in [9.17, 15) is 39.4 Å². The van der Waals surface area contributed by atoms with Gasteiger partial charge in [0.05, 0.1) is 24.8 Å². The van der Waals surface area contributed by atoms with Crippen LogP contribution >= 0.6 is 0 Å². The fraction of sp³-hybridized carbons (Fsp3) is 1.00. The fourth-order valence-electron chi connectivity index (χ4n) is 5.75. The van der Waals surface area contributed by atoms with Crippen molar-refractivity contribution in [2.75, 3.05) is 19.7 Å². The van der Waals surface area contributed by atoms with Gasteiger partial charge in [0.1, 0.15) is 61.0 Å². The predicted molar refractivity (Wildman–Crippen MR) is 137 cm³/mol. The summed E-state index contributed by atoms with van der Waals surface area (Å²) in [5, 5.41) is 62.5. The molecule has 252 valence electrons. The second kappa shape index (κ2) is 13.9. The minimum atomic E-state index is -3.78. The van der Waals surface area contributed by atoms with Gasteiger partial charge in [0.25, 0.3) is 0 Å². The normalized spacial score (nSPS) is 52.3. The number of nitrogens with two attached hydrogens (primary N) is 6. The van der Waals surface area contributed by atoms with E-state index in [0.29, 0.717) is 0 Å². The van der Waals surface area contributed by atoms with Crippen LogP contribution in [0.5, 0.6) is 0 Å². The molecule has 3 heterocycles. The van der Waals surface area contributed by atoms with E-state index in [0.717, 1.165) is 0 Å². The van der Waals surface area contributed by atoms with Gasteiger partial charge in [-0.1, -0.05) is 0 Å². The maximum absolute atomic E-state index is 14.4. The first-order valence-electron chi connectivity index (χ1n) is 13.9. The molecular weight excluding hydrogens is 590 g/mol. The van der Waals surface area contributed by atoms with Gasteiger partial charge < -0.3 is 93.5 Å². The molecule has 0 aromatic carbocycles. The average molecular weight is 635 g/mol. The summed E-state index contributed by atoms with van der Waals surface area (Å²) in [6.45, 7) is -1.57. The molecule has 3 saturated heterocycles. The van der Waals surface area contributed by atoms with Crippen molar-refractivity contribution < 1.29 is 67.8 Å². The van der Waals surface area contributed by atoms with Gasteiger partial charge in [-0.2, -0.15) is 0 Å². The summed E-state index contributed by atoms with van der Waals surface area (Å²) >= 11 is 0. The quantitative estimate of drug-likeness (QED) is 0.112. The molecular formula is C23H44F2N6O12. The van der Waals surface area contributed by atoms with Crippen LogP contribution in [0.1, 0.15) is 6.42 Å². The molecule has 1 aliphatic carbocycles. The maximum Gasteiger partial charge on any atom is 0.302 e. The van der Waals surface area contributed by atoms with E-state index in [1.54, 1.807) is 0 Å². The summed E-state index contributed by atoms with van der Waals surface area (Å²) in [6, 6.07) is -4.97. The third-order valence-electron chi connectivity index (χ3n) is 8.41. The summed E-state index contributed by atoms with van der Waals surface area (Å²) in [6.07, 6.45) is -21.6. The van der Waals surface area contributed by atoms with Crippen LogP contribution < -0.4 is 34.4 Å². The zero-order chi connectivity index (χ0) is 32.0. The summed E-state index contributed by atoms with van der Waals surface area (Å²) < 4.78 is 62.7. The van der Waals surface area contributed by atoms with Crippen LogP contribution in [-0.4, -0.2) is 166 Å². The van der Waals surface area contributed by atoms with Gasteiger partial charge in [-0.15, -0.1) is 0 Å². The molecule has 0 amide bonds. The lowest BCUT2D eigenvalue weighted by Gasteiger charge is -2.47. The van der Waals surface area contributed by atoms with Crippen molar-refractivity contribution in [2.45, 2.75) is 123 Å². The highest BCUT2D eigenvalue weighted by molar-refractivity contribution is 5.03. The van der Waals surface area contributed by atoms with E-state index >= 15 is 0 Å². The summed E-state index contributed by atoms with van der Waals surface area (Å²) in [5.41, 5.74) is 35.0. The number of hydrogen-bond donors (Lipinski definition) is 12. The first-order valence-corrected chi connectivity index (χ1v) is 13.9. The largest absolute Gasteiger partial charge is 0.394 e. The Labute approximate surface area is 245 Å². The second-order valence-corrected chi connectivity index (χ2v) is 11.3. The van der Waals surface area contributed by atoms with Crippen molar-refractivity contribution in [3.05, 3.63) is 0 Å². The third-order valence-corrected chi connectivity index (χ3v) is 8.41. The Kier molecular flexibility index (Phi) is 11.3. The molecule has 3 aliphatic heterocycles. The first kappa shape index (κ1) is 35.0. The molecule has 18 unspecified atom stereocenters. The summed E-state index contributed by atoms with van der Waals surface area (Å²) in [5.74, 6) is -3.78. The molecule has 18 atom stereocenters. The van der Waals surface area contributed by atoms with Crippen molar-refractivity contribution >= 4 is 0 Å². The van der Waals surface area contributed by atoms with E-state index in [4.69, 9.17) is 62.8 Å². The molecule has 0 aromatic rings. The molecule has 4 fully saturated rings. The molecule has 0 radical (unpaired) electrons. The zero-order valence-electron chi connectivity index (χ0n) is 23.1. The van der Waals surface area contributed by atoms with Crippen molar-refractivity contribution in [3.63, 3.8) is 0 Å². The molecule has 4 aliphatic rings. The van der Waals surface area contributed by atoms with E-state index in [-0.39, 0.29) is 13.0 Å². The van der Waals surface area contributed by atoms with Crippen LogP contribution in [0.3, 0.4) is 0 Å². The van der Waals surface area contributed by atoms with Crippen LogP contribution in [0.25, 0.3) is 0 Å². The van der Waals surface area contributed by atoms with Crippen molar-refractivity contribution in [1.82, 2.24) is 0 Å². The highest BCUT2D eigenvalue weighted by Crippen LogP contribution is 2.37. The first-order chi connectivity index (χ1) is 20.2. The Hall–Kier alpha value is -0.860. The van der Waals surface area contributed by atoms with Crippen LogP contribution in [0.4, 0.5) is 8.78 Å². The number of aliphatic hydroxyl groups is 6. The van der Waals surface area contributed by atoms with E-state index < -0.39 is 129 Å². The number of aliphatic hydroxyl groups excluding tert-OH is 6. The molecule has 0 spiro atoms. The smallest absolute Gasteiger partial charge is 0.302 e. The maximum atomic E-state index is 14.4. The zero-order valence-corrected chi connectivity index (χ0v) is 23.1. The van der Waals surface area contributed by atoms with E-state index in [1.165, 1.54) is 0 Å². The highest BCUT2D eigenvalue weighted by Gasteiger charge is 2.59. The lowest BCUT2D eigenvalue weighted by Crippen LogP contribution is -2.69. The summed E-state index contributed by atoms with van der Waals surface area (Å²) in [7, 11) is 0. The van der Waals surface area contributed by atoms with Crippen LogP contribution in [0.2, 0.25) is 0 Å². The number of ether oxygens (including phenoxy) is 6. The lowest BCUT2D eigenvalue weighted by molar-refractivity contribution is -0.333. The van der Waals surface area contributed by atoms with Gasteiger partial charge >= 0.3 is 5.92 Å². The topological polar surface area (TPSA) is 333 Å². The van der Waals surface area contributed by atoms with Crippen LogP contribution in [0.15, 0.2) is 0 Å². The average Bonchev–Trinajstić information content (AvgIpc) is 3.27. The van der Waals surface area contributed by atoms with E-state index in [2.05, 4.69) is 0 Å². The minimum Gasteiger partial charge on any atom is -0.394 e. The van der Waals surface area contributed by atoms with Gasteiger partial charge in [0.2, 0.25) is 0 Å². The standard InChI is InChI=1S/C23H44F2N6O12/c24-23(25)9(3-27)40-21(11(31)19(23)37)41-16-6(29)1-5(28)12(33)18(16)43-22-15(36)17(8(4-32)39-22)42-20-10(30)14(35)13(34)7(2-26)38-20/h5-22,32-37H,1-4,26-31H2. The fourth-order valence-corrected chi connectivity index (χ4v) is 5.75. The number of rotatable bonds is 9. The molecule has 0 bridgehead atoms. The van der Waals surface area contributed by atoms with Gasteiger partial charge in [-0.25, -0.2) is 8.78 Å². The van der Waals surface area contributed by atoms with Crippen LogP contribution in [-0.2, 0) is 28.4 Å². The SMILES string of the molecule is NCC1OC(OC2C(CO)OC(OC3C(O)C(N)CC(N)C3OC3OC(CN)C(F)(F)C(O)C3N)C2O)C(N)C(O)C1O. The van der Waals surface area contributed by atoms with Gasteiger partial charge in [-0.3, -0.25) is 0 Å². The number of halogens is 2. The van der Waals surface area contributed by atoms with Crippen LogP contribution in [0, 0.1) is 0 Å². The third kappa shape index (κ3) is 6.68. The van der Waals surface area contributed by atoms with Gasteiger partial charge in [-0.05, 0) is 6.42 Å². The Morgan fingerprint density at radius 3 is 1.84 bits per heavy atom. The lowest BCUT2D eigenvalue weighted by atomic mass is 9.84. The van der Waals surface area contributed by atoms with Crippen molar-refractivity contribution in [2.24, 2.45) is 34.4 Å².